The molecule has 0 spiro atoms. The van der Waals surface area contributed by atoms with Gasteiger partial charge in [0.2, 0.25) is 5.91 Å². The molecule has 0 bridgehead atoms. The van der Waals surface area contributed by atoms with Gasteiger partial charge in [-0.25, -0.2) is 0 Å². The summed E-state index contributed by atoms with van der Waals surface area (Å²) in [5, 5.41) is 3.02. The van der Waals surface area contributed by atoms with Gasteiger partial charge in [0, 0.05) is 19.3 Å². The molecule has 2 fully saturated rings. The van der Waals surface area contributed by atoms with E-state index in [4.69, 9.17) is 0 Å². The Labute approximate surface area is 118 Å². The van der Waals surface area contributed by atoms with Crippen molar-refractivity contribution in [2.24, 2.45) is 5.92 Å². The van der Waals surface area contributed by atoms with Gasteiger partial charge in [-0.05, 0) is 30.9 Å². The summed E-state index contributed by atoms with van der Waals surface area (Å²) >= 11 is 0. The number of carbonyl (C=O) groups is 2. The van der Waals surface area contributed by atoms with E-state index in [1.807, 2.05) is 18.2 Å². The summed E-state index contributed by atoms with van der Waals surface area (Å²) in [4.78, 5) is 27.9. The molecule has 0 radical (unpaired) electrons. The van der Waals surface area contributed by atoms with Gasteiger partial charge in [0.15, 0.2) is 0 Å². The lowest BCUT2D eigenvalue weighted by Gasteiger charge is -2.19. The largest absolute Gasteiger partial charge is 0.387 e. The monoisotopic (exact) mass is 273 g/mol. The molecule has 0 unspecified atom stereocenters. The highest BCUT2D eigenvalue weighted by Gasteiger charge is 2.35. The molecular formula is C15H19N3O2. The fourth-order valence-corrected chi connectivity index (χ4v) is 2.56. The van der Waals surface area contributed by atoms with Crippen LogP contribution in [-0.4, -0.2) is 48.4 Å². The number of benzene rings is 1. The molecule has 2 aliphatic rings. The summed E-state index contributed by atoms with van der Waals surface area (Å²) in [5.74, 6) is 0.632. The Balaban J connectivity index is 1.72. The van der Waals surface area contributed by atoms with Gasteiger partial charge in [-0.3, -0.25) is 9.59 Å². The second kappa shape index (κ2) is 5.15. The first kappa shape index (κ1) is 13.0. The van der Waals surface area contributed by atoms with Crippen LogP contribution >= 0.6 is 0 Å². The third-order valence-electron chi connectivity index (χ3n) is 3.91. The number of carbonyl (C=O) groups excluding carboxylic acids is 2. The minimum absolute atomic E-state index is 0.0622. The van der Waals surface area contributed by atoms with Crippen molar-refractivity contribution in [1.29, 1.82) is 0 Å². The summed E-state index contributed by atoms with van der Waals surface area (Å²) in [7, 11) is 1.79. The SMILES string of the molecule is CNc1ccccc1C(=O)N1CC(=O)N(CC2CC2)C1. The van der Waals surface area contributed by atoms with E-state index >= 15 is 0 Å². The Bertz CT molecular complexity index is 540. The van der Waals surface area contributed by atoms with Crippen molar-refractivity contribution in [3.05, 3.63) is 29.8 Å². The smallest absolute Gasteiger partial charge is 0.257 e. The zero-order chi connectivity index (χ0) is 14.1. The van der Waals surface area contributed by atoms with E-state index < -0.39 is 0 Å². The van der Waals surface area contributed by atoms with Crippen LogP contribution in [0.25, 0.3) is 0 Å². The maximum atomic E-state index is 12.5. The predicted octanol–water partition coefficient (Wildman–Crippen LogP) is 1.38. The normalized spacial score (nSPS) is 18.6. The van der Waals surface area contributed by atoms with Gasteiger partial charge in [0.05, 0.1) is 12.2 Å². The lowest BCUT2D eigenvalue weighted by Crippen LogP contribution is -2.32. The van der Waals surface area contributed by atoms with Crippen LogP contribution in [0.5, 0.6) is 0 Å². The Hall–Kier alpha value is -2.04. The van der Waals surface area contributed by atoms with Crippen LogP contribution in [0.15, 0.2) is 24.3 Å². The molecule has 106 valence electrons. The molecule has 1 saturated heterocycles. The molecule has 5 nitrogen and oxygen atoms in total. The van der Waals surface area contributed by atoms with Crippen molar-refractivity contribution in [2.75, 3.05) is 32.1 Å². The van der Waals surface area contributed by atoms with E-state index in [1.165, 1.54) is 12.8 Å². The predicted molar refractivity (Wildman–Crippen MR) is 76.3 cm³/mol. The summed E-state index contributed by atoms with van der Waals surface area (Å²) in [6.07, 6.45) is 2.42. The van der Waals surface area contributed by atoms with Gasteiger partial charge in [0.1, 0.15) is 6.54 Å². The van der Waals surface area contributed by atoms with Gasteiger partial charge >= 0.3 is 0 Å². The van der Waals surface area contributed by atoms with Crippen molar-refractivity contribution in [3.8, 4) is 0 Å². The fraction of sp³-hybridized carbons (Fsp3) is 0.467. The van der Waals surface area contributed by atoms with Crippen LogP contribution < -0.4 is 5.32 Å². The number of amides is 2. The van der Waals surface area contributed by atoms with E-state index in [1.54, 1.807) is 22.9 Å². The number of rotatable bonds is 4. The maximum Gasteiger partial charge on any atom is 0.257 e. The average Bonchev–Trinajstić information content (AvgIpc) is 3.21. The van der Waals surface area contributed by atoms with Crippen LogP contribution in [0.1, 0.15) is 23.2 Å². The number of nitrogens with one attached hydrogen (secondary N) is 1. The quantitative estimate of drug-likeness (QED) is 0.901. The van der Waals surface area contributed by atoms with Gasteiger partial charge in [-0.1, -0.05) is 12.1 Å². The second-order valence-electron chi connectivity index (χ2n) is 5.50. The standard InChI is InChI=1S/C15H19N3O2/c1-16-13-5-3-2-4-12(13)15(20)18-9-14(19)17(10-18)8-11-6-7-11/h2-5,11,16H,6-10H2,1H3. The molecule has 1 N–H and O–H groups in total. The van der Waals surface area contributed by atoms with Crippen LogP contribution in [0.2, 0.25) is 0 Å². The molecule has 1 aliphatic heterocycles. The average molecular weight is 273 g/mol. The third-order valence-corrected chi connectivity index (χ3v) is 3.91. The summed E-state index contributed by atoms with van der Waals surface area (Å²) < 4.78 is 0. The molecule has 1 aliphatic carbocycles. The minimum Gasteiger partial charge on any atom is -0.387 e. The molecule has 2 amide bonds. The van der Waals surface area contributed by atoms with E-state index in [0.717, 1.165) is 12.2 Å². The third kappa shape index (κ3) is 2.48. The zero-order valence-corrected chi connectivity index (χ0v) is 11.6. The van der Waals surface area contributed by atoms with Gasteiger partial charge in [-0.2, -0.15) is 0 Å². The van der Waals surface area contributed by atoms with Crippen LogP contribution in [-0.2, 0) is 4.79 Å². The molecule has 0 aromatic heterocycles. The molecule has 1 saturated carbocycles. The summed E-state index contributed by atoms with van der Waals surface area (Å²) in [6.45, 7) is 1.42. The Morgan fingerprint density at radius 1 is 1.35 bits per heavy atom. The number of hydrogen-bond acceptors (Lipinski definition) is 3. The Morgan fingerprint density at radius 2 is 2.10 bits per heavy atom. The summed E-state index contributed by atoms with van der Waals surface area (Å²) in [6, 6.07) is 7.39. The summed E-state index contributed by atoms with van der Waals surface area (Å²) in [5.41, 5.74) is 1.42. The van der Waals surface area contributed by atoms with Crippen molar-refractivity contribution < 1.29 is 9.59 Å². The lowest BCUT2D eigenvalue weighted by molar-refractivity contribution is -0.126. The van der Waals surface area contributed by atoms with E-state index in [0.29, 0.717) is 18.2 Å². The Kier molecular flexibility index (Phi) is 3.34. The number of anilines is 1. The minimum atomic E-state index is -0.0819. The molecule has 20 heavy (non-hydrogen) atoms. The van der Waals surface area contributed by atoms with Crippen LogP contribution in [0, 0.1) is 5.92 Å². The lowest BCUT2D eigenvalue weighted by atomic mass is 10.1. The van der Waals surface area contributed by atoms with Gasteiger partial charge in [-0.15, -0.1) is 0 Å². The van der Waals surface area contributed by atoms with Crippen molar-refractivity contribution in [3.63, 3.8) is 0 Å². The van der Waals surface area contributed by atoms with E-state index in [-0.39, 0.29) is 18.4 Å². The van der Waals surface area contributed by atoms with Crippen LogP contribution in [0.3, 0.4) is 0 Å². The van der Waals surface area contributed by atoms with Crippen molar-refractivity contribution >= 4 is 17.5 Å². The van der Waals surface area contributed by atoms with E-state index in [2.05, 4.69) is 5.32 Å². The molecular weight excluding hydrogens is 254 g/mol. The molecule has 1 aromatic rings. The molecule has 5 heteroatoms. The first-order valence-electron chi connectivity index (χ1n) is 7.03. The second-order valence-corrected chi connectivity index (χ2v) is 5.50. The fourth-order valence-electron chi connectivity index (χ4n) is 2.56. The number of para-hydroxylation sites is 1. The molecule has 0 atom stereocenters. The molecule has 1 aromatic carbocycles. The first-order chi connectivity index (χ1) is 9.69. The van der Waals surface area contributed by atoms with Gasteiger partial charge < -0.3 is 15.1 Å². The molecule has 3 rings (SSSR count). The highest BCUT2D eigenvalue weighted by molar-refractivity contribution is 6.02. The number of hydrogen-bond donors (Lipinski definition) is 1. The van der Waals surface area contributed by atoms with Crippen LogP contribution in [0.4, 0.5) is 5.69 Å². The maximum absolute atomic E-state index is 12.5. The molecule has 1 heterocycles. The van der Waals surface area contributed by atoms with E-state index in [9.17, 15) is 9.59 Å². The zero-order valence-electron chi connectivity index (χ0n) is 11.6. The van der Waals surface area contributed by atoms with Crippen molar-refractivity contribution in [1.82, 2.24) is 9.80 Å². The van der Waals surface area contributed by atoms with Gasteiger partial charge in [0.25, 0.3) is 5.91 Å². The highest BCUT2D eigenvalue weighted by atomic mass is 16.2. The first-order valence-corrected chi connectivity index (χ1v) is 7.03. The van der Waals surface area contributed by atoms with Crippen molar-refractivity contribution in [2.45, 2.75) is 12.8 Å². The number of nitrogens with zero attached hydrogens (tertiary/aromatic N) is 2. The topological polar surface area (TPSA) is 52.7 Å². The highest BCUT2D eigenvalue weighted by Crippen LogP contribution is 2.30. The Morgan fingerprint density at radius 3 is 2.80 bits per heavy atom.